The summed E-state index contributed by atoms with van der Waals surface area (Å²) < 4.78 is 17.8. The van der Waals surface area contributed by atoms with E-state index in [0.29, 0.717) is 37.4 Å². The van der Waals surface area contributed by atoms with Crippen molar-refractivity contribution in [2.24, 2.45) is 5.10 Å². The molecule has 2 amide bonds. The molecule has 1 saturated carbocycles. The molecule has 0 atom stereocenters. The molecular weight excluding hydrogens is 533 g/mol. The number of carboxylic acid groups (broad SMARTS) is 1. The predicted molar refractivity (Wildman–Crippen MR) is 137 cm³/mol. The smallest absolute Gasteiger partial charge is 0.341 e. The van der Waals surface area contributed by atoms with E-state index in [9.17, 15) is 19.5 Å². The van der Waals surface area contributed by atoms with Gasteiger partial charge in [-0.1, -0.05) is 28.1 Å². The second-order valence-electron chi connectivity index (χ2n) is 8.84. The van der Waals surface area contributed by atoms with Gasteiger partial charge in [0.05, 0.1) is 17.4 Å². The predicted octanol–water partition coefficient (Wildman–Crippen LogP) is 3.80. The molecule has 3 aromatic rings. The molecule has 186 valence electrons. The summed E-state index contributed by atoms with van der Waals surface area (Å²) in [6, 6.07) is 9.99. The van der Waals surface area contributed by atoms with Gasteiger partial charge in [-0.2, -0.15) is 5.10 Å². The fraction of sp³-hybridized carbons (Fsp3) is 0.280. The van der Waals surface area contributed by atoms with Crippen molar-refractivity contribution in [3.63, 3.8) is 0 Å². The van der Waals surface area contributed by atoms with Crippen LogP contribution in [0.2, 0.25) is 0 Å². The number of rotatable bonds is 5. The number of hydrogen-bond acceptors (Lipinski definition) is 5. The van der Waals surface area contributed by atoms with Crippen molar-refractivity contribution in [1.82, 2.24) is 14.9 Å². The largest absolute Gasteiger partial charge is 0.477 e. The van der Waals surface area contributed by atoms with Crippen molar-refractivity contribution in [2.45, 2.75) is 18.9 Å². The van der Waals surface area contributed by atoms with E-state index in [2.05, 4.69) is 26.5 Å². The van der Waals surface area contributed by atoms with Gasteiger partial charge in [0.25, 0.3) is 0 Å². The number of piperazine rings is 1. The van der Waals surface area contributed by atoms with Crippen LogP contribution in [0.15, 0.2) is 57.0 Å². The summed E-state index contributed by atoms with van der Waals surface area (Å²) in [7, 11) is 0. The van der Waals surface area contributed by atoms with E-state index in [1.807, 2.05) is 29.2 Å². The van der Waals surface area contributed by atoms with Crippen LogP contribution in [0, 0.1) is 5.82 Å². The van der Waals surface area contributed by atoms with Crippen LogP contribution >= 0.6 is 15.9 Å². The maximum Gasteiger partial charge on any atom is 0.341 e. The van der Waals surface area contributed by atoms with Gasteiger partial charge in [-0.15, -0.1) is 0 Å². The first-order chi connectivity index (χ1) is 17.3. The molecule has 1 saturated heterocycles. The molecule has 2 aliphatic rings. The molecular formula is C25H23BrFN5O4. The van der Waals surface area contributed by atoms with E-state index in [-0.39, 0.29) is 23.0 Å². The van der Waals surface area contributed by atoms with Crippen molar-refractivity contribution < 1.29 is 19.1 Å². The van der Waals surface area contributed by atoms with Crippen LogP contribution in [0.3, 0.4) is 0 Å². The van der Waals surface area contributed by atoms with Crippen LogP contribution in [0.5, 0.6) is 0 Å². The number of hydrazone groups is 1. The number of fused-ring (bicyclic) bond motifs is 1. The minimum absolute atomic E-state index is 0.0599. The van der Waals surface area contributed by atoms with Crippen LogP contribution < -0.4 is 15.8 Å². The molecule has 1 aromatic heterocycles. The number of carbonyl (C=O) groups is 2. The molecule has 1 aliphatic carbocycles. The standard InChI is InChI=1S/C25H23BrFN5O4/c26-16-3-1-15(2-4-16)13-28-29-25(36)31-9-7-30(8-10-31)22-12-21-18(11-20(22)27)23(33)19(24(34)35)14-32(21)17-5-6-17/h1-4,11-14,17H,5-10H2,(H,29,36)(H,34,35)/b28-13+. The summed E-state index contributed by atoms with van der Waals surface area (Å²) in [6.07, 6.45) is 4.67. The topological polar surface area (TPSA) is 107 Å². The van der Waals surface area contributed by atoms with Crippen molar-refractivity contribution in [3.05, 3.63) is 74.2 Å². The summed E-state index contributed by atoms with van der Waals surface area (Å²) in [6.45, 7) is 1.52. The second-order valence-corrected chi connectivity index (χ2v) is 9.75. The van der Waals surface area contributed by atoms with Gasteiger partial charge in [0.15, 0.2) is 0 Å². The molecule has 36 heavy (non-hydrogen) atoms. The highest BCUT2D eigenvalue weighted by Gasteiger charge is 2.29. The molecule has 2 aromatic carbocycles. The van der Waals surface area contributed by atoms with Gasteiger partial charge in [-0.25, -0.2) is 19.4 Å². The summed E-state index contributed by atoms with van der Waals surface area (Å²) >= 11 is 3.37. The zero-order valence-electron chi connectivity index (χ0n) is 19.2. The molecule has 1 aliphatic heterocycles. The van der Waals surface area contributed by atoms with Gasteiger partial charge in [0.2, 0.25) is 5.43 Å². The van der Waals surface area contributed by atoms with E-state index in [4.69, 9.17) is 0 Å². The van der Waals surface area contributed by atoms with Crippen LogP contribution in [0.25, 0.3) is 10.9 Å². The van der Waals surface area contributed by atoms with E-state index in [0.717, 1.165) is 28.9 Å². The van der Waals surface area contributed by atoms with Gasteiger partial charge in [0, 0.05) is 48.3 Å². The number of anilines is 1. The molecule has 11 heteroatoms. The number of carbonyl (C=O) groups excluding carboxylic acids is 1. The Bertz CT molecular complexity index is 1430. The lowest BCUT2D eigenvalue weighted by atomic mass is 10.1. The first kappa shape index (κ1) is 24.0. The Morgan fingerprint density at radius 3 is 2.44 bits per heavy atom. The lowest BCUT2D eigenvalue weighted by Crippen LogP contribution is -2.51. The fourth-order valence-electron chi connectivity index (χ4n) is 4.34. The zero-order chi connectivity index (χ0) is 25.4. The Kier molecular flexibility index (Phi) is 6.48. The molecule has 0 unspecified atom stereocenters. The first-order valence-electron chi connectivity index (χ1n) is 11.5. The van der Waals surface area contributed by atoms with Crippen LogP contribution in [-0.2, 0) is 0 Å². The molecule has 2 heterocycles. The maximum atomic E-state index is 15.1. The van der Waals surface area contributed by atoms with Gasteiger partial charge in [-0.05, 0) is 42.7 Å². The van der Waals surface area contributed by atoms with Gasteiger partial charge in [0.1, 0.15) is 11.4 Å². The fourth-order valence-corrected chi connectivity index (χ4v) is 4.60. The molecule has 9 nitrogen and oxygen atoms in total. The number of hydrogen-bond donors (Lipinski definition) is 2. The number of halogens is 2. The minimum Gasteiger partial charge on any atom is -0.477 e. The number of amides is 2. The number of benzene rings is 2. The molecule has 5 rings (SSSR count). The van der Waals surface area contributed by atoms with Crippen molar-refractivity contribution >= 4 is 50.7 Å². The Labute approximate surface area is 213 Å². The Morgan fingerprint density at radius 2 is 1.81 bits per heavy atom. The maximum absolute atomic E-state index is 15.1. The molecule has 2 fully saturated rings. The number of aromatic nitrogens is 1. The summed E-state index contributed by atoms with van der Waals surface area (Å²) in [5, 5.41) is 13.5. The molecule has 0 bridgehead atoms. The van der Waals surface area contributed by atoms with E-state index < -0.39 is 17.2 Å². The van der Waals surface area contributed by atoms with Gasteiger partial charge < -0.3 is 19.5 Å². The zero-order valence-corrected chi connectivity index (χ0v) is 20.7. The lowest BCUT2D eigenvalue weighted by molar-refractivity contribution is 0.0694. The third-order valence-corrected chi connectivity index (χ3v) is 6.95. The summed E-state index contributed by atoms with van der Waals surface area (Å²) in [5.41, 5.74) is 3.16. The Balaban J connectivity index is 1.30. The van der Waals surface area contributed by atoms with E-state index in [1.165, 1.54) is 6.20 Å². The van der Waals surface area contributed by atoms with Crippen molar-refractivity contribution in [2.75, 3.05) is 31.1 Å². The Hall–Kier alpha value is -3.73. The number of urea groups is 1. The molecule has 0 radical (unpaired) electrons. The lowest BCUT2D eigenvalue weighted by Gasteiger charge is -2.36. The normalized spacial score (nSPS) is 16.1. The van der Waals surface area contributed by atoms with Gasteiger partial charge in [-0.3, -0.25) is 4.79 Å². The van der Waals surface area contributed by atoms with Crippen LogP contribution in [-0.4, -0.2) is 59.0 Å². The van der Waals surface area contributed by atoms with E-state index >= 15 is 4.39 Å². The average Bonchev–Trinajstić information content (AvgIpc) is 3.71. The monoisotopic (exact) mass is 555 g/mol. The first-order valence-corrected chi connectivity index (χ1v) is 12.3. The Morgan fingerprint density at radius 1 is 1.11 bits per heavy atom. The molecule has 2 N–H and O–H groups in total. The highest BCUT2D eigenvalue weighted by molar-refractivity contribution is 9.10. The van der Waals surface area contributed by atoms with Crippen LogP contribution in [0.1, 0.15) is 34.8 Å². The highest BCUT2D eigenvalue weighted by atomic mass is 79.9. The minimum atomic E-state index is -1.32. The van der Waals surface area contributed by atoms with E-state index in [1.54, 1.807) is 21.7 Å². The number of carboxylic acids is 1. The second kappa shape index (κ2) is 9.73. The highest BCUT2D eigenvalue weighted by Crippen LogP contribution is 2.38. The molecule has 0 spiro atoms. The third-order valence-electron chi connectivity index (χ3n) is 6.42. The third kappa shape index (κ3) is 4.83. The number of nitrogens with one attached hydrogen (secondary N) is 1. The average molecular weight is 556 g/mol. The van der Waals surface area contributed by atoms with Crippen LogP contribution in [0.4, 0.5) is 14.9 Å². The van der Waals surface area contributed by atoms with Crippen molar-refractivity contribution in [3.8, 4) is 0 Å². The summed E-state index contributed by atoms with van der Waals surface area (Å²) in [5.74, 6) is -1.92. The quantitative estimate of drug-likeness (QED) is 0.368. The summed E-state index contributed by atoms with van der Waals surface area (Å²) in [4.78, 5) is 40.1. The van der Waals surface area contributed by atoms with Gasteiger partial charge >= 0.3 is 12.0 Å². The SMILES string of the molecule is O=C(O)c1cn(C2CC2)c2cc(N3CCN(C(=O)N/N=C/c4ccc(Br)cc4)CC3)c(F)cc2c1=O. The number of nitrogens with zero attached hydrogens (tertiary/aromatic N) is 4. The number of pyridine rings is 1. The van der Waals surface area contributed by atoms with Crippen molar-refractivity contribution in [1.29, 1.82) is 0 Å². The number of aromatic carboxylic acids is 1.